The van der Waals surface area contributed by atoms with Crippen molar-refractivity contribution in [1.29, 1.82) is 5.26 Å². The minimum atomic E-state index is 0.588. The third-order valence-electron chi connectivity index (χ3n) is 2.43. The Kier molecular flexibility index (Phi) is 3.34. The zero-order chi connectivity index (χ0) is 13.3. The van der Waals surface area contributed by atoms with Crippen molar-refractivity contribution in [2.45, 2.75) is 31.0 Å². The summed E-state index contributed by atoms with van der Waals surface area (Å²) in [5, 5.41) is 14.8. The van der Waals surface area contributed by atoms with E-state index in [1.54, 1.807) is 4.68 Å². The molecule has 2 aromatic rings. The quantitative estimate of drug-likeness (QED) is 0.773. The maximum atomic E-state index is 9.14. The molecule has 0 aromatic carbocycles. The lowest BCUT2D eigenvalue weighted by Crippen LogP contribution is -1.97. The summed E-state index contributed by atoms with van der Waals surface area (Å²) in [6.45, 7) is 5.68. The molecule has 0 saturated carbocycles. The van der Waals surface area contributed by atoms with Crippen molar-refractivity contribution >= 4 is 11.8 Å². The van der Waals surface area contributed by atoms with Crippen molar-refractivity contribution in [2.75, 3.05) is 0 Å². The number of nitriles is 1. The first-order chi connectivity index (χ1) is 8.51. The van der Waals surface area contributed by atoms with E-state index in [2.05, 4.69) is 21.1 Å². The monoisotopic (exact) mass is 259 g/mol. The number of aromatic nitrogens is 4. The van der Waals surface area contributed by atoms with Gasteiger partial charge < -0.3 is 0 Å². The Bertz CT molecular complexity index is 618. The molecule has 18 heavy (non-hydrogen) atoms. The molecule has 0 unspecified atom stereocenters. The smallest absolute Gasteiger partial charge is 0.194 e. The summed E-state index contributed by atoms with van der Waals surface area (Å²) in [4.78, 5) is 8.71. The van der Waals surface area contributed by atoms with Gasteiger partial charge >= 0.3 is 0 Å². The van der Waals surface area contributed by atoms with E-state index in [9.17, 15) is 0 Å². The van der Waals surface area contributed by atoms with Crippen LogP contribution in [-0.4, -0.2) is 19.7 Å². The molecule has 0 radical (unpaired) electrons. The summed E-state index contributed by atoms with van der Waals surface area (Å²) < 4.78 is 1.69. The van der Waals surface area contributed by atoms with Crippen LogP contribution in [0.25, 0.3) is 0 Å². The van der Waals surface area contributed by atoms with Crippen LogP contribution in [0.3, 0.4) is 0 Å². The Hall–Kier alpha value is -1.87. The van der Waals surface area contributed by atoms with E-state index >= 15 is 0 Å². The lowest BCUT2D eigenvalue weighted by Gasteiger charge is -2.03. The Balaban J connectivity index is 2.43. The molecule has 0 spiro atoms. The van der Waals surface area contributed by atoms with Crippen molar-refractivity contribution in [3.8, 4) is 6.07 Å². The van der Waals surface area contributed by atoms with Gasteiger partial charge in [-0.2, -0.15) is 10.4 Å². The Morgan fingerprint density at radius 3 is 2.39 bits per heavy atom. The van der Waals surface area contributed by atoms with Crippen molar-refractivity contribution in [3.05, 3.63) is 28.7 Å². The third kappa shape index (κ3) is 2.36. The lowest BCUT2D eigenvalue weighted by molar-refractivity contribution is 0.690. The highest BCUT2D eigenvalue weighted by Gasteiger charge is 2.15. The van der Waals surface area contributed by atoms with Crippen molar-refractivity contribution < 1.29 is 0 Å². The van der Waals surface area contributed by atoms with Crippen LogP contribution in [0.5, 0.6) is 0 Å². The predicted molar refractivity (Wildman–Crippen MR) is 68.3 cm³/mol. The standard InChI is InChI=1S/C12H13N5S/c1-7-5-8(2)15-12(14-7)18-11-10(6-13)9(3)16-17(11)4/h5H,1-4H3. The molecule has 0 aliphatic carbocycles. The molecule has 2 rings (SSSR count). The van der Waals surface area contributed by atoms with E-state index in [4.69, 9.17) is 5.26 Å². The number of hydrogen-bond acceptors (Lipinski definition) is 5. The van der Waals surface area contributed by atoms with Gasteiger partial charge in [-0.3, -0.25) is 4.68 Å². The van der Waals surface area contributed by atoms with Crippen LogP contribution in [0.15, 0.2) is 16.2 Å². The fraction of sp³-hybridized carbons (Fsp3) is 0.333. The molecule has 5 nitrogen and oxygen atoms in total. The molecule has 0 bridgehead atoms. The zero-order valence-corrected chi connectivity index (χ0v) is 11.5. The molecule has 2 heterocycles. The molecule has 0 aliphatic heterocycles. The van der Waals surface area contributed by atoms with Crippen LogP contribution in [-0.2, 0) is 7.05 Å². The highest BCUT2D eigenvalue weighted by Crippen LogP contribution is 2.29. The molecule has 6 heteroatoms. The zero-order valence-electron chi connectivity index (χ0n) is 10.7. The van der Waals surface area contributed by atoms with E-state index in [0.717, 1.165) is 22.1 Å². The highest BCUT2D eigenvalue weighted by atomic mass is 32.2. The van der Waals surface area contributed by atoms with Gasteiger partial charge in [0.2, 0.25) is 0 Å². The molecule has 0 aliphatic rings. The average Bonchev–Trinajstić information content (AvgIpc) is 2.52. The van der Waals surface area contributed by atoms with Gasteiger partial charge in [0, 0.05) is 18.4 Å². The first kappa shape index (κ1) is 12.6. The van der Waals surface area contributed by atoms with Crippen molar-refractivity contribution in [1.82, 2.24) is 19.7 Å². The molecule has 0 amide bonds. The second-order valence-corrected chi connectivity index (χ2v) is 4.99. The second kappa shape index (κ2) is 4.78. The van der Waals surface area contributed by atoms with E-state index in [1.807, 2.05) is 33.9 Å². The van der Waals surface area contributed by atoms with Gasteiger partial charge in [0.25, 0.3) is 0 Å². The summed E-state index contributed by atoms with van der Waals surface area (Å²) in [6.07, 6.45) is 0. The van der Waals surface area contributed by atoms with Gasteiger partial charge in [0.15, 0.2) is 5.16 Å². The molecular formula is C12H13N5S. The third-order valence-corrected chi connectivity index (χ3v) is 3.46. The Morgan fingerprint density at radius 2 is 1.83 bits per heavy atom. The fourth-order valence-corrected chi connectivity index (χ4v) is 2.73. The van der Waals surface area contributed by atoms with E-state index in [1.165, 1.54) is 11.8 Å². The number of aryl methyl sites for hydroxylation is 4. The minimum Gasteiger partial charge on any atom is -0.260 e. The minimum absolute atomic E-state index is 0.588. The predicted octanol–water partition coefficient (Wildman–Crippen LogP) is 2.16. The maximum absolute atomic E-state index is 9.14. The molecule has 0 N–H and O–H groups in total. The SMILES string of the molecule is Cc1cc(C)nc(Sc2c(C#N)c(C)nn2C)n1. The normalized spacial score (nSPS) is 10.4. The summed E-state index contributed by atoms with van der Waals surface area (Å²) in [7, 11) is 1.82. The van der Waals surface area contributed by atoms with Crippen LogP contribution in [0, 0.1) is 32.1 Å². The van der Waals surface area contributed by atoms with Gasteiger partial charge in [-0.15, -0.1) is 0 Å². The Labute approximate surface area is 110 Å². The number of nitrogens with zero attached hydrogens (tertiary/aromatic N) is 5. The van der Waals surface area contributed by atoms with Crippen molar-refractivity contribution in [3.63, 3.8) is 0 Å². The highest BCUT2D eigenvalue weighted by molar-refractivity contribution is 7.99. The number of hydrogen-bond donors (Lipinski definition) is 0. The molecule has 0 atom stereocenters. The van der Waals surface area contributed by atoms with Gasteiger partial charge in [0.1, 0.15) is 16.7 Å². The van der Waals surface area contributed by atoms with E-state index in [0.29, 0.717) is 10.7 Å². The van der Waals surface area contributed by atoms with Gasteiger partial charge in [-0.25, -0.2) is 9.97 Å². The van der Waals surface area contributed by atoms with Crippen LogP contribution in [0.1, 0.15) is 22.6 Å². The summed E-state index contributed by atoms with van der Waals surface area (Å²) in [6, 6.07) is 4.09. The summed E-state index contributed by atoms with van der Waals surface area (Å²) >= 11 is 1.37. The average molecular weight is 259 g/mol. The first-order valence-electron chi connectivity index (χ1n) is 5.45. The van der Waals surface area contributed by atoms with Crippen LogP contribution < -0.4 is 0 Å². The largest absolute Gasteiger partial charge is 0.260 e. The van der Waals surface area contributed by atoms with Crippen LogP contribution in [0.4, 0.5) is 0 Å². The van der Waals surface area contributed by atoms with Gasteiger partial charge in [-0.1, -0.05) is 0 Å². The van der Waals surface area contributed by atoms with E-state index < -0.39 is 0 Å². The molecule has 0 fully saturated rings. The second-order valence-electron chi connectivity index (χ2n) is 4.04. The van der Waals surface area contributed by atoms with Crippen LogP contribution in [0.2, 0.25) is 0 Å². The van der Waals surface area contributed by atoms with Crippen LogP contribution >= 0.6 is 11.8 Å². The fourth-order valence-electron chi connectivity index (χ4n) is 1.71. The van der Waals surface area contributed by atoms with Crippen molar-refractivity contribution in [2.24, 2.45) is 7.05 Å². The number of rotatable bonds is 2. The van der Waals surface area contributed by atoms with E-state index in [-0.39, 0.29) is 0 Å². The lowest BCUT2D eigenvalue weighted by atomic mass is 10.3. The van der Waals surface area contributed by atoms with Gasteiger partial charge in [0.05, 0.1) is 5.69 Å². The molecular weight excluding hydrogens is 246 g/mol. The Morgan fingerprint density at radius 1 is 1.22 bits per heavy atom. The molecule has 2 aromatic heterocycles. The summed E-state index contributed by atoms with van der Waals surface area (Å²) in [5.74, 6) is 0. The topological polar surface area (TPSA) is 67.4 Å². The molecule has 0 saturated heterocycles. The first-order valence-corrected chi connectivity index (χ1v) is 6.26. The summed E-state index contributed by atoms with van der Waals surface area (Å²) in [5.41, 5.74) is 3.15. The molecule has 92 valence electrons. The maximum Gasteiger partial charge on any atom is 0.194 e. The van der Waals surface area contributed by atoms with Gasteiger partial charge in [-0.05, 0) is 38.6 Å².